The zero-order valence-corrected chi connectivity index (χ0v) is 31.3. The minimum absolute atomic E-state index is 0.00265. The number of aryl methyl sites for hydroxylation is 3. The van der Waals surface area contributed by atoms with Crippen LogP contribution >= 0.6 is 0 Å². The number of amides is 1. The number of likely N-dealkylation sites (tertiary alicyclic amines) is 1. The number of nitrogen functional groups attached to an aromatic ring is 1. The molecule has 0 unspecified atom stereocenters. The van der Waals surface area contributed by atoms with E-state index in [1.54, 1.807) is 12.3 Å². The van der Waals surface area contributed by atoms with Gasteiger partial charge in [0, 0.05) is 55.3 Å². The number of phenols is 2. The molecule has 55 heavy (non-hydrogen) atoms. The van der Waals surface area contributed by atoms with E-state index in [1.165, 1.54) is 10.6 Å². The molecule has 7 N–H and O–H groups in total. The number of nitrogens with one attached hydrogen (secondary N) is 3. The lowest BCUT2D eigenvalue weighted by Gasteiger charge is -2.36. The third kappa shape index (κ3) is 7.10. The van der Waals surface area contributed by atoms with Crippen LogP contribution in [0.25, 0.3) is 28.1 Å². The van der Waals surface area contributed by atoms with Gasteiger partial charge in [-0.1, -0.05) is 32.6 Å². The van der Waals surface area contributed by atoms with Gasteiger partial charge in [-0.25, -0.2) is 14.5 Å². The number of aromatic nitrogens is 6. The Morgan fingerprint density at radius 1 is 1.04 bits per heavy atom. The van der Waals surface area contributed by atoms with E-state index in [0.29, 0.717) is 59.3 Å². The van der Waals surface area contributed by atoms with Gasteiger partial charge in [0.15, 0.2) is 5.82 Å². The van der Waals surface area contributed by atoms with Crippen molar-refractivity contribution in [3.63, 3.8) is 0 Å². The maximum absolute atomic E-state index is 13.5. The summed E-state index contributed by atoms with van der Waals surface area (Å²) in [4.78, 5) is 52.6. The second-order valence-electron chi connectivity index (χ2n) is 14.5. The van der Waals surface area contributed by atoms with E-state index in [0.717, 1.165) is 40.9 Å². The number of carbonyl (C=O) groups is 1. The zero-order valence-electron chi connectivity index (χ0n) is 31.3. The van der Waals surface area contributed by atoms with Crippen molar-refractivity contribution in [3.05, 3.63) is 122 Å². The van der Waals surface area contributed by atoms with Crippen LogP contribution in [0.2, 0.25) is 0 Å². The maximum Gasteiger partial charge on any atom is 0.348 e. The van der Waals surface area contributed by atoms with Crippen molar-refractivity contribution < 1.29 is 15.0 Å². The maximum atomic E-state index is 13.5. The van der Waals surface area contributed by atoms with E-state index < -0.39 is 5.69 Å². The van der Waals surface area contributed by atoms with Gasteiger partial charge >= 0.3 is 5.69 Å². The number of aromatic hydroxyl groups is 2. The number of carbonyl (C=O) groups excluding carboxylic acids is 1. The summed E-state index contributed by atoms with van der Waals surface area (Å²) in [5, 5.41) is 28.3. The predicted octanol–water partition coefficient (Wildman–Crippen LogP) is 5.50. The molecule has 1 amide bonds. The summed E-state index contributed by atoms with van der Waals surface area (Å²) in [5.41, 5.74) is 12.3. The molecule has 3 aromatic carbocycles. The molecule has 6 aromatic rings. The van der Waals surface area contributed by atoms with Gasteiger partial charge in [0.25, 0.3) is 11.5 Å². The Morgan fingerprint density at radius 3 is 2.45 bits per heavy atom. The van der Waals surface area contributed by atoms with Crippen molar-refractivity contribution in [1.82, 2.24) is 34.6 Å². The highest BCUT2D eigenvalue weighted by Gasteiger charge is 2.28. The number of aromatic amines is 3. The number of hydrogen-bond donors (Lipinski definition) is 6. The lowest BCUT2D eigenvalue weighted by molar-refractivity contribution is 0.0701. The minimum atomic E-state index is -0.458. The smallest absolute Gasteiger partial charge is 0.348 e. The molecular weight excluding hydrogens is 699 g/mol. The van der Waals surface area contributed by atoms with Crippen LogP contribution in [0.3, 0.4) is 0 Å². The Kier molecular flexibility index (Phi) is 9.82. The second kappa shape index (κ2) is 14.7. The van der Waals surface area contributed by atoms with E-state index in [9.17, 15) is 24.6 Å². The molecule has 3 aromatic heterocycles. The first-order valence-electron chi connectivity index (χ1n) is 18.3. The van der Waals surface area contributed by atoms with Gasteiger partial charge in [-0.15, -0.1) is 0 Å². The van der Waals surface area contributed by atoms with Gasteiger partial charge in [-0.05, 0) is 97.2 Å². The molecule has 14 nitrogen and oxygen atoms in total. The number of benzene rings is 3. The van der Waals surface area contributed by atoms with E-state index in [1.807, 2.05) is 75.2 Å². The monoisotopic (exact) mass is 743 g/mol. The number of phenolic OH excluding ortho intramolecular Hbond substituents is 2. The first-order valence-corrected chi connectivity index (χ1v) is 18.3. The molecule has 0 saturated carbocycles. The summed E-state index contributed by atoms with van der Waals surface area (Å²) in [5.74, 6) is 0.259. The molecule has 1 fully saturated rings. The normalized spacial score (nSPS) is 13.5. The van der Waals surface area contributed by atoms with Crippen LogP contribution in [0, 0.1) is 12.8 Å². The first-order chi connectivity index (χ1) is 26.3. The Labute approximate surface area is 317 Å². The van der Waals surface area contributed by atoms with E-state index >= 15 is 0 Å². The summed E-state index contributed by atoms with van der Waals surface area (Å²) in [7, 11) is 1.98. The number of anilines is 2. The quantitative estimate of drug-likeness (QED) is 0.105. The average molecular weight is 744 g/mol. The minimum Gasteiger partial charge on any atom is -0.508 e. The van der Waals surface area contributed by atoms with Gasteiger partial charge in [0.2, 0.25) is 5.95 Å². The average Bonchev–Trinajstić information content (AvgIpc) is 3.76. The molecule has 284 valence electrons. The van der Waals surface area contributed by atoms with Crippen LogP contribution in [0.1, 0.15) is 65.2 Å². The van der Waals surface area contributed by atoms with Crippen LogP contribution in [-0.2, 0) is 12.8 Å². The SMILES string of the molecule is C=C(C1CCN(C(=O)c2ccc(CCc3c[nH]c4nc(N)[nH]c(=O)c34)cc2)CC1)N(C)c1ccc(-n2c(-c3cc(C(C)C)c(O)cc3O)n[nH]c2=O)cc1C. The predicted molar refractivity (Wildman–Crippen MR) is 213 cm³/mol. The van der Waals surface area contributed by atoms with Gasteiger partial charge < -0.3 is 30.7 Å². The molecule has 0 spiro atoms. The molecule has 1 aliphatic heterocycles. The number of nitrogens with zero attached hydrogens (tertiary/aromatic N) is 5. The summed E-state index contributed by atoms with van der Waals surface area (Å²) in [6.07, 6.45) is 4.66. The number of allylic oxidation sites excluding steroid dienone is 1. The fraction of sp³-hybridized carbons (Fsp3) is 0.293. The summed E-state index contributed by atoms with van der Waals surface area (Å²) in [6, 6.07) is 16.2. The molecule has 0 atom stereocenters. The summed E-state index contributed by atoms with van der Waals surface area (Å²) < 4.78 is 1.41. The highest BCUT2D eigenvalue weighted by Crippen LogP contribution is 2.38. The van der Waals surface area contributed by atoms with Gasteiger partial charge in [-0.2, -0.15) is 10.1 Å². The fourth-order valence-corrected chi connectivity index (χ4v) is 7.55. The number of nitrogens with two attached hydrogens (primary N) is 1. The lowest BCUT2D eigenvalue weighted by Crippen LogP contribution is -2.40. The Morgan fingerprint density at radius 2 is 1.76 bits per heavy atom. The van der Waals surface area contributed by atoms with Crippen molar-refractivity contribution >= 4 is 28.6 Å². The molecule has 7 rings (SSSR count). The van der Waals surface area contributed by atoms with Crippen molar-refractivity contribution in [2.24, 2.45) is 5.92 Å². The van der Waals surface area contributed by atoms with Crippen LogP contribution in [0.4, 0.5) is 11.6 Å². The van der Waals surface area contributed by atoms with Gasteiger partial charge in [0.05, 0.1) is 16.6 Å². The second-order valence-corrected chi connectivity index (χ2v) is 14.5. The standard InChI is InChI=1S/C41H45N9O5/c1-22(2)30-19-31(34(52)20-33(30)51)37-46-47-41(55)50(37)29-12-13-32(23(3)18-29)48(5)24(4)26-14-16-49(17-15-26)39(54)27-9-6-25(7-10-27)8-11-28-21-43-36-35(28)38(53)45-40(42)44-36/h6-7,9-10,12-13,18-22,26,51-52H,4,8,11,14-17H2,1-3,5H3,(H,47,55)(H4,42,43,44,45,53). The molecular formula is C41H45N9O5. The van der Waals surface area contributed by atoms with E-state index in [2.05, 4.69) is 36.6 Å². The van der Waals surface area contributed by atoms with Gasteiger partial charge in [0.1, 0.15) is 17.1 Å². The van der Waals surface area contributed by atoms with Crippen molar-refractivity contribution in [2.45, 2.75) is 52.4 Å². The van der Waals surface area contributed by atoms with Crippen LogP contribution < -0.4 is 21.9 Å². The van der Waals surface area contributed by atoms with Gasteiger partial charge in [-0.3, -0.25) is 14.6 Å². The fourth-order valence-electron chi connectivity index (χ4n) is 7.55. The first kappa shape index (κ1) is 36.8. The van der Waals surface area contributed by atoms with Crippen LogP contribution in [-0.4, -0.2) is 70.9 Å². The van der Waals surface area contributed by atoms with Crippen LogP contribution in [0.5, 0.6) is 11.5 Å². The Hall–Kier alpha value is -6.57. The number of rotatable bonds is 10. The zero-order chi connectivity index (χ0) is 39.1. The molecule has 14 heteroatoms. The summed E-state index contributed by atoms with van der Waals surface area (Å²) >= 11 is 0. The molecule has 0 bridgehead atoms. The van der Waals surface area contributed by atoms with E-state index in [-0.39, 0.29) is 46.6 Å². The lowest BCUT2D eigenvalue weighted by atomic mass is 9.92. The third-order valence-corrected chi connectivity index (χ3v) is 10.7. The highest BCUT2D eigenvalue weighted by molar-refractivity contribution is 5.94. The Balaban J connectivity index is 0.974. The Bertz CT molecular complexity index is 2540. The van der Waals surface area contributed by atoms with Crippen molar-refractivity contribution in [2.75, 3.05) is 30.8 Å². The number of fused-ring (bicyclic) bond motifs is 1. The number of hydrogen-bond acceptors (Lipinski definition) is 9. The summed E-state index contributed by atoms with van der Waals surface area (Å²) in [6.45, 7) is 11.5. The number of piperidine rings is 1. The molecule has 1 aliphatic rings. The molecule has 0 aliphatic carbocycles. The topological polar surface area (TPSA) is 202 Å². The molecule has 4 heterocycles. The van der Waals surface area contributed by atoms with Crippen molar-refractivity contribution in [3.8, 4) is 28.6 Å². The number of H-pyrrole nitrogens is 3. The van der Waals surface area contributed by atoms with E-state index in [4.69, 9.17) is 5.73 Å². The van der Waals surface area contributed by atoms with Crippen molar-refractivity contribution in [1.29, 1.82) is 0 Å². The third-order valence-electron chi connectivity index (χ3n) is 10.7. The highest BCUT2D eigenvalue weighted by atomic mass is 16.3. The molecule has 1 saturated heterocycles. The largest absolute Gasteiger partial charge is 0.508 e. The van der Waals surface area contributed by atoms with Crippen LogP contribution in [0.15, 0.2) is 82.7 Å². The molecule has 0 radical (unpaired) electrons.